The Hall–Kier alpha value is -2.36. The number of carbonyl (C=O) groups is 2. The summed E-state index contributed by atoms with van der Waals surface area (Å²) in [6.45, 7) is 4.11. The van der Waals surface area contributed by atoms with Crippen LogP contribution in [0.15, 0.2) is 42.5 Å². The van der Waals surface area contributed by atoms with Crippen LogP contribution in [-0.2, 0) is 26.2 Å². The highest BCUT2D eigenvalue weighted by Gasteiger charge is 2.27. The average Bonchev–Trinajstić information content (AvgIpc) is 2.81. The number of rotatable bonds is 13. The molecule has 2 amide bonds. The van der Waals surface area contributed by atoms with Crippen molar-refractivity contribution in [3.8, 4) is 0 Å². The third-order valence-electron chi connectivity index (χ3n) is 5.63. The molecule has 0 fully saturated rings. The first kappa shape index (κ1) is 29.9. The van der Waals surface area contributed by atoms with Gasteiger partial charge in [0.25, 0.3) is 0 Å². The summed E-state index contributed by atoms with van der Waals surface area (Å²) in [6, 6.07) is 9.66. The minimum Gasteiger partial charge on any atom is -0.354 e. The van der Waals surface area contributed by atoms with Crippen molar-refractivity contribution in [1.82, 2.24) is 10.2 Å². The molecule has 2 aromatic carbocycles. The van der Waals surface area contributed by atoms with Gasteiger partial charge in [-0.05, 0) is 49.6 Å². The number of halogens is 3. The molecule has 0 aliphatic heterocycles. The van der Waals surface area contributed by atoms with Crippen molar-refractivity contribution < 1.29 is 22.4 Å². The van der Waals surface area contributed by atoms with Gasteiger partial charge in [0, 0.05) is 36.1 Å². The van der Waals surface area contributed by atoms with Crippen molar-refractivity contribution in [2.24, 2.45) is 0 Å². The fourth-order valence-corrected chi connectivity index (χ4v) is 5.02. The summed E-state index contributed by atoms with van der Waals surface area (Å²) in [6.07, 6.45) is 2.77. The van der Waals surface area contributed by atoms with E-state index in [1.807, 2.05) is 6.92 Å². The summed E-state index contributed by atoms with van der Waals surface area (Å²) in [5.41, 5.74) is 0.535. The first-order valence-electron chi connectivity index (χ1n) is 11.7. The Morgan fingerprint density at radius 1 is 1.11 bits per heavy atom. The number of sulfonamides is 1. The monoisotopic (exact) mass is 559 g/mol. The zero-order chi connectivity index (χ0) is 26.9. The van der Waals surface area contributed by atoms with Crippen LogP contribution in [0.5, 0.6) is 0 Å². The number of nitrogens with one attached hydrogen (secondary N) is 1. The molecule has 0 radical (unpaired) electrons. The molecular weight excluding hydrogens is 528 g/mol. The van der Waals surface area contributed by atoms with E-state index in [0.29, 0.717) is 22.2 Å². The molecule has 0 bridgehead atoms. The number of carbonyl (C=O) groups excluding carboxylic acids is 2. The van der Waals surface area contributed by atoms with Crippen LogP contribution >= 0.6 is 23.2 Å². The number of hydrogen-bond donors (Lipinski definition) is 1. The van der Waals surface area contributed by atoms with E-state index in [4.69, 9.17) is 23.2 Å². The van der Waals surface area contributed by atoms with Crippen molar-refractivity contribution in [2.75, 3.05) is 23.7 Å². The van der Waals surface area contributed by atoms with E-state index in [1.54, 1.807) is 25.1 Å². The molecule has 0 aliphatic carbocycles. The Morgan fingerprint density at radius 2 is 1.81 bits per heavy atom. The van der Waals surface area contributed by atoms with Gasteiger partial charge in [-0.2, -0.15) is 0 Å². The third kappa shape index (κ3) is 8.64. The molecule has 0 spiro atoms. The summed E-state index contributed by atoms with van der Waals surface area (Å²) in [5.74, 6) is -1.34. The van der Waals surface area contributed by atoms with E-state index in [0.717, 1.165) is 23.4 Å². The molecule has 0 aliphatic rings. The smallest absolute Gasteiger partial charge is 0.242 e. The minimum absolute atomic E-state index is 0.0573. The Balaban J connectivity index is 2.19. The van der Waals surface area contributed by atoms with Gasteiger partial charge in [0.05, 0.1) is 11.9 Å². The summed E-state index contributed by atoms with van der Waals surface area (Å²) in [4.78, 5) is 27.4. The Labute approximate surface area is 222 Å². The molecule has 2 rings (SSSR count). The molecule has 0 saturated heterocycles. The SMILES string of the molecule is CCCCNC(=O)[C@H](C)N(Cc1ccc(Cl)cc1Cl)C(=O)CCCN(c1ccccc1F)S(C)(=O)=O. The summed E-state index contributed by atoms with van der Waals surface area (Å²) < 4.78 is 39.8. The maximum atomic E-state index is 14.3. The fraction of sp³-hybridized carbons (Fsp3) is 0.440. The summed E-state index contributed by atoms with van der Waals surface area (Å²) in [7, 11) is -3.79. The molecule has 11 heteroatoms. The van der Waals surface area contributed by atoms with Crippen LogP contribution in [0.3, 0.4) is 0 Å². The second-order valence-corrected chi connectivity index (χ2v) is 11.2. The highest BCUT2D eigenvalue weighted by molar-refractivity contribution is 7.92. The fourth-order valence-electron chi connectivity index (χ4n) is 3.59. The van der Waals surface area contributed by atoms with Crippen LogP contribution in [0.25, 0.3) is 0 Å². The van der Waals surface area contributed by atoms with Gasteiger partial charge >= 0.3 is 0 Å². The normalized spacial score (nSPS) is 12.2. The topological polar surface area (TPSA) is 86.8 Å². The Bertz CT molecular complexity index is 1160. The predicted octanol–water partition coefficient (Wildman–Crippen LogP) is 5.01. The molecule has 1 atom stereocenters. The molecule has 2 aromatic rings. The maximum absolute atomic E-state index is 14.3. The lowest BCUT2D eigenvalue weighted by atomic mass is 10.1. The molecule has 0 unspecified atom stereocenters. The van der Waals surface area contributed by atoms with Crippen molar-refractivity contribution in [3.63, 3.8) is 0 Å². The largest absolute Gasteiger partial charge is 0.354 e. The van der Waals surface area contributed by atoms with Gasteiger partial charge < -0.3 is 10.2 Å². The predicted molar refractivity (Wildman–Crippen MR) is 142 cm³/mol. The van der Waals surface area contributed by atoms with Crippen molar-refractivity contribution in [3.05, 3.63) is 63.9 Å². The number of hydrogen-bond acceptors (Lipinski definition) is 4. The van der Waals surface area contributed by atoms with Gasteiger partial charge in [-0.1, -0.05) is 54.7 Å². The highest BCUT2D eigenvalue weighted by Crippen LogP contribution is 2.25. The number of anilines is 1. The minimum atomic E-state index is -3.79. The quantitative estimate of drug-likeness (QED) is 0.349. The number of para-hydroxylation sites is 1. The van der Waals surface area contributed by atoms with Gasteiger partial charge in [0.15, 0.2) is 0 Å². The lowest BCUT2D eigenvalue weighted by Crippen LogP contribution is -2.48. The van der Waals surface area contributed by atoms with E-state index in [2.05, 4.69) is 5.32 Å². The van der Waals surface area contributed by atoms with Gasteiger partial charge in [0.2, 0.25) is 21.8 Å². The maximum Gasteiger partial charge on any atom is 0.242 e. The number of nitrogens with zero attached hydrogens (tertiary/aromatic N) is 2. The molecular formula is C25H32Cl2FN3O4S. The molecule has 36 heavy (non-hydrogen) atoms. The van der Waals surface area contributed by atoms with Crippen LogP contribution in [0, 0.1) is 5.82 Å². The lowest BCUT2D eigenvalue weighted by Gasteiger charge is -2.30. The molecule has 1 N–H and O–H groups in total. The van der Waals surface area contributed by atoms with E-state index in [1.165, 1.54) is 29.2 Å². The average molecular weight is 561 g/mol. The van der Waals surface area contributed by atoms with Gasteiger partial charge in [-0.15, -0.1) is 0 Å². The third-order valence-corrected chi connectivity index (χ3v) is 7.39. The standard InChI is InChI=1S/C25H32Cl2FN3O4S/c1-4-5-14-29-25(33)18(2)30(17-19-12-13-20(26)16-21(19)27)24(32)11-8-15-31(36(3,34)35)23-10-7-6-9-22(23)28/h6-7,9-10,12-13,16,18H,4-5,8,11,14-15,17H2,1-3H3,(H,29,33)/t18-/m0/s1. The van der Waals surface area contributed by atoms with Gasteiger partial charge in [-0.3, -0.25) is 13.9 Å². The van der Waals surface area contributed by atoms with Crippen molar-refractivity contribution >= 4 is 50.7 Å². The number of unbranched alkanes of at least 4 members (excludes halogenated alkanes) is 1. The van der Waals surface area contributed by atoms with Crippen LogP contribution in [0.4, 0.5) is 10.1 Å². The molecule has 198 valence electrons. The van der Waals surface area contributed by atoms with E-state index < -0.39 is 21.9 Å². The van der Waals surface area contributed by atoms with Crippen molar-refractivity contribution in [1.29, 1.82) is 0 Å². The first-order valence-corrected chi connectivity index (χ1v) is 14.3. The second kappa shape index (κ2) is 13.8. The Kier molecular flexibility index (Phi) is 11.5. The molecule has 0 aromatic heterocycles. The number of amides is 2. The van der Waals surface area contributed by atoms with Crippen LogP contribution in [0.2, 0.25) is 10.0 Å². The van der Waals surface area contributed by atoms with E-state index >= 15 is 0 Å². The van der Waals surface area contributed by atoms with E-state index in [-0.39, 0.29) is 43.4 Å². The van der Waals surface area contributed by atoms with Crippen LogP contribution in [0.1, 0.15) is 45.1 Å². The molecule has 0 heterocycles. The summed E-state index contributed by atoms with van der Waals surface area (Å²) >= 11 is 12.3. The van der Waals surface area contributed by atoms with Crippen LogP contribution in [-0.4, -0.2) is 50.5 Å². The van der Waals surface area contributed by atoms with Crippen molar-refractivity contribution in [2.45, 2.75) is 52.1 Å². The molecule has 0 saturated carbocycles. The van der Waals surface area contributed by atoms with E-state index in [9.17, 15) is 22.4 Å². The first-order chi connectivity index (χ1) is 17.0. The van der Waals surface area contributed by atoms with Gasteiger partial charge in [-0.25, -0.2) is 12.8 Å². The zero-order valence-electron chi connectivity index (χ0n) is 20.6. The highest BCUT2D eigenvalue weighted by atomic mass is 35.5. The van der Waals surface area contributed by atoms with Gasteiger partial charge in [0.1, 0.15) is 11.9 Å². The number of benzene rings is 2. The van der Waals surface area contributed by atoms with Crippen LogP contribution < -0.4 is 9.62 Å². The zero-order valence-corrected chi connectivity index (χ0v) is 23.0. The molecule has 7 nitrogen and oxygen atoms in total. The second-order valence-electron chi connectivity index (χ2n) is 8.47. The lowest BCUT2D eigenvalue weighted by molar-refractivity contribution is -0.140. The summed E-state index contributed by atoms with van der Waals surface area (Å²) in [5, 5.41) is 3.64. The Morgan fingerprint density at radius 3 is 2.42 bits per heavy atom.